The molecule has 1 amide bonds. The maximum Gasteiger partial charge on any atom is 0.257 e. The minimum Gasteiger partial charge on any atom is -0.308 e. The third kappa shape index (κ3) is 2.78. The molecule has 0 spiro atoms. The molecule has 20 heavy (non-hydrogen) atoms. The number of hydrogen-bond donors (Lipinski definition) is 3. The second-order valence-corrected chi connectivity index (χ2v) is 5.69. The van der Waals surface area contributed by atoms with Crippen LogP contribution < -0.4 is 16.6 Å². The third-order valence-electron chi connectivity index (χ3n) is 3.10. The van der Waals surface area contributed by atoms with E-state index >= 15 is 0 Å². The van der Waals surface area contributed by atoms with E-state index in [0.29, 0.717) is 22.4 Å². The van der Waals surface area contributed by atoms with Crippen molar-refractivity contribution in [3.05, 3.63) is 34.5 Å². The Kier molecular flexibility index (Phi) is 3.37. The van der Waals surface area contributed by atoms with Gasteiger partial charge in [0.15, 0.2) is 5.13 Å². The molecule has 1 aliphatic carbocycles. The summed E-state index contributed by atoms with van der Waals surface area (Å²) in [6, 6.07) is 3.32. The highest BCUT2D eigenvalue weighted by Crippen LogP contribution is 2.40. The lowest BCUT2D eigenvalue weighted by atomic mass is 10.2. The smallest absolute Gasteiger partial charge is 0.257 e. The second kappa shape index (κ2) is 5.18. The highest BCUT2D eigenvalue weighted by Gasteiger charge is 2.26. The topological polar surface area (TPSA) is 92.9 Å². The number of carbonyl (C=O) groups excluding carboxylic acids is 1. The number of nitrogens with one attached hydrogen (secondary N) is 2. The van der Waals surface area contributed by atoms with Gasteiger partial charge in [0.1, 0.15) is 5.82 Å². The van der Waals surface area contributed by atoms with Gasteiger partial charge in [0, 0.05) is 22.6 Å². The van der Waals surface area contributed by atoms with E-state index in [-0.39, 0.29) is 5.91 Å². The number of pyridine rings is 1. The van der Waals surface area contributed by atoms with Crippen LogP contribution in [0.5, 0.6) is 0 Å². The van der Waals surface area contributed by atoms with Gasteiger partial charge in [-0.05, 0) is 31.9 Å². The van der Waals surface area contributed by atoms with Crippen LogP contribution in [0.25, 0.3) is 0 Å². The van der Waals surface area contributed by atoms with Crippen LogP contribution in [0.2, 0.25) is 0 Å². The Balaban J connectivity index is 1.76. The number of nitrogen functional groups attached to an aromatic ring is 1. The van der Waals surface area contributed by atoms with Crippen LogP contribution in [-0.4, -0.2) is 15.9 Å². The number of hydrazine groups is 1. The molecule has 2 heterocycles. The lowest BCUT2D eigenvalue weighted by molar-refractivity contribution is 0.102. The normalized spacial score (nSPS) is 14.1. The average molecular weight is 289 g/mol. The van der Waals surface area contributed by atoms with Gasteiger partial charge in [-0.25, -0.2) is 15.8 Å². The number of anilines is 2. The molecule has 2 aromatic heterocycles. The number of rotatable bonds is 4. The second-order valence-electron chi connectivity index (χ2n) is 4.83. The molecule has 104 valence electrons. The maximum atomic E-state index is 12.2. The Labute approximate surface area is 120 Å². The zero-order valence-electron chi connectivity index (χ0n) is 11.0. The molecule has 1 aliphatic rings. The number of nitrogens with two attached hydrogens (primary N) is 1. The Morgan fingerprint density at radius 3 is 2.90 bits per heavy atom. The van der Waals surface area contributed by atoms with Gasteiger partial charge < -0.3 is 5.43 Å². The van der Waals surface area contributed by atoms with Crippen molar-refractivity contribution >= 4 is 28.2 Å². The van der Waals surface area contributed by atoms with E-state index in [1.54, 1.807) is 12.1 Å². The molecular formula is C13H15N5OS. The van der Waals surface area contributed by atoms with Crippen LogP contribution in [0.1, 0.15) is 40.5 Å². The lowest BCUT2D eigenvalue weighted by Crippen LogP contribution is -2.15. The minimum absolute atomic E-state index is 0.205. The number of hydrogen-bond acceptors (Lipinski definition) is 6. The summed E-state index contributed by atoms with van der Waals surface area (Å²) < 4.78 is 0. The highest BCUT2D eigenvalue weighted by atomic mass is 32.1. The zero-order chi connectivity index (χ0) is 14.1. The van der Waals surface area contributed by atoms with Gasteiger partial charge in [-0.2, -0.15) is 0 Å². The first-order valence-corrected chi connectivity index (χ1v) is 7.26. The molecule has 6 nitrogen and oxygen atoms in total. The molecule has 1 saturated carbocycles. The van der Waals surface area contributed by atoms with Gasteiger partial charge in [0.05, 0.1) is 5.69 Å². The summed E-state index contributed by atoms with van der Waals surface area (Å²) in [5.41, 5.74) is 4.77. The number of carbonyl (C=O) groups is 1. The number of thiazole rings is 1. The Hall–Kier alpha value is -1.99. The lowest BCUT2D eigenvalue weighted by Gasteiger charge is -2.05. The average Bonchev–Trinajstić information content (AvgIpc) is 3.19. The predicted molar refractivity (Wildman–Crippen MR) is 78.8 cm³/mol. The Bertz CT molecular complexity index is 650. The summed E-state index contributed by atoms with van der Waals surface area (Å²) in [4.78, 5) is 20.8. The van der Waals surface area contributed by atoms with Crippen molar-refractivity contribution in [1.29, 1.82) is 0 Å². The van der Waals surface area contributed by atoms with Gasteiger partial charge in [-0.3, -0.25) is 10.1 Å². The fourth-order valence-electron chi connectivity index (χ4n) is 1.95. The minimum atomic E-state index is -0.205. The molecule has 4 N–H and O–H groups in total. The first-order chi connectivity index (χ1) is 9.65. The summed E-state index contributed by atoms with van der Waals surface area (Å²) in [7, 11) is 0. The van der Waals surface area contributed by atoms with E-state index in [1.807, 2.05) is 12.3 Å². The van der Waals surface area contributed by atoms with E-state index in [9.17, 15) is 4.79 Å². The summed E-state index contributed by atoms with van der Waals surface area (Å²) in [6.45, 7) is 1.81. The number of aryl methyl sites for hydroxylation is 1. The fourth-order valence-corrected chi connectivity index (χ4v) is 2.74. The molecule has 0 atom stereocenters. The van der Waals surface area contributed by atoms with Crippen molar-refractivity contribution in [2.24, 2.45) is 5.84 Å². The number of amides is 1. The van der Waals surface area contributed by atoms with Crippen LogP contribution in [0.4, 0.5) is 10.9 Å². The van der Waals surface area contributed by atoms with Crippen LogP contribution in [0, 0.1) is 6.92 Å². The fraction of sp³-hybridized carbons (Fsp3) is 0.308. The highest BCUT2D eigenvalue weighted by molar-refractivity contribution is 7.14. The van der Waals surface area contributed by atoms with Crippen LogP contribution in [0.15, 0.2) is 17.5 Å². The van der Waals surface area contributed by atoms with Crippen molar-refractivity contribution in [1.82, 2.24) is 9.97 Å². The largest absolute Gasteiger partial charge is 0.308 e. The Morgan fingerprint density at radius 2 is 2.20 bits per heavy atom. The molecule has 0 saturated heterocycles. The molecule has 3 rings (SSSR count). The van der Waals surface area contributed by atoms with Gasteiger partial charge in [-0.1, -0.05) is 0 Å². The quantitative estimate of drug-likeness (QED) is 0.593. The molecule has 0 aliphatic heterocycles. The van der Waals surface area contributed by atoms with Crippen LogP contribution in [0.3, 0.4) is 0 Å². The van der Waals surface area contributed by atoms with Crippen molar-refractivity contribution in [2.45, 2.75) is 25.7 Å². The van der Waals surface area contributed by atoms with Crippen LogP contribution >= 0.6 is 11.3 Å². The van der Waals surface area contributed by atoms with Crippen molar-refractivity contribution in [3.8, 4) is 0 Å². The predicted octanol–water partition coefficient (Wildman–Crippen LogP) is 2.26. The molecule has 0 aromatic carbocycles. The van der Waals surface area contributed by atoms with E-state index in [0.717, 1.165) is 11.4 Å². The monoisotopic (exact) mass is 289 g/mol. The SMILES string of the molecule is Cc1cc(C(=O)Nc2nc(C3CC3)cs2)cc(NN)n1. The van der Waals surface area contributed by atoms with Gasteiger partial charge >= 0.3 is 0 Å². The molecule has 7 heteroatoms. The number of aromatic nitrogens is 2. The van der Waals surface area contributed by atoms with E-state index < -0.39 is 0 Å². The maximum absolute atomic E-state index is 12.2. The molecular weight excluding hydrogens is 274 g/mol. The summed E-state index contributed by atoms with van der Waals surface area (Å²) in [5.74, 6) is 6.18. The summed E-state index contributed by atoms with van der Waals surface area (Å²) >= 11 is 1.46. The number of nitrogens with zero attached hydrogens (tertiary/aromatic N) is 2. The summed E-state index contributed by atoms with van der Waals surface area (Å²) in [5, 5.41) is 5.46. The van der Waals surface area contributed by atoms with Crippen molar-refractivity contribution in [3.63, 3.8) is 0 Å². The van der Waals surface area contributed by atoms with Crippen molar-refractivity contribution < 1.29 is 4.79 Å². The van der Waals surface area contributed by atoms with Gasteiger partial charge in [-0.15, -0.1) is 11.3 Å². The molecule has 0 bridgehead atoms. The Morgan fingerprint density at radius 1 is 1.40 bits per heavy atom. The van der Waals surface area contributed by atoms with Gasteiger partial charge in [0.25, 0.3) is 5.91 Å². The molecule has 0 radical (unpaired) electrons. The summed E-state index contributed by atoms with van der Waals surface area (Å²) in [6.07, 6.45) is 2.40. The first-order valence-electron chi connectivity index (χ1n) is 6.38. The van der Waals surface area contributed by atoms with E-state index in [2.05, 4.69) is 20.7 Å². The van der Waals surface area contributed by atoms with Crippen LogP contribution in [-0.2, 0) is 0 Å². The van der Waals surface area contributed by atoms with Crippen molar-refractivity contribution in [2.75, 3.05) is 10.7 Å². The standard InChI is InChI=1S/C13H15N5OS/c1-7-4-9(5-11(15-7)18-14)12(19)17-13-16-10(6-20-13)8-2-3-8/h4-6,8H,2-3,14H2,1H3,(H,15,18)(H,16,17,19). The van der Waals surface area contributed by atoms with E-state index in [4.69, 9.17) is 5.84 Å². The van der Waals surface area contributed by atoms with E-state index in [1.165, 1.54) is 24.2 Å². The van der Waals surface area contributed by atoms with Gasteiger partial charge in [0.2, 0.25) is 0 Å². The molecule has 2 aromatic rings. The molecule has 0 unspecified atom stereocenters. The first kappa shape index (κ1) is 13.0. The third-order valence-corrected chi connectivity index (χ3v) is 3.88. The molecule has 1 fully saturated rings. The zero-order valence-corrected chi connectivity index (χ0v) is 11.8.